The Labute approximate surface area is 117 Å². The van der Waals surface area contributed by atoms with Crippen LogP contribution in [0.25, 0.3) is 27.8 Å². The largest absolute Gasteiger partial charge is 0.361 e. The third-order valence-electron chi connectivity index (χ3n) is 4.47. The lowest BCUT2D eigenvalue weighted by Crippen LogP contribution is -2.18. The minimum Gasteiger partial charge on any atom is -0.361 e. The lowest BCUT2D eigenvalue weighted by atomic mass is 9.80. The van der Waals surface area contributed by atoms with E-state index in [9.17, 15) is 4.79 Å². The zero-order chi connectivity index (χ0) is 13.9. The lowest BCUT2D eigenvalue weighted by molar-refractivity contribution is 0.0948. The van der Waals surface area contributed by atoms with Crippen LogP contribution in [-0.2, 0) is 0 Å². The highest BCUT2D eigenvalue weighted by molar-refractivity contribution is 6.22. The lowest BCUT2D eigenvalue weighted by Gasteiger charge is -2.22. The van der Waals surface area contributed by atoms with Crippen LogP contribution >= 0.6 is 0 Å². The highest BCUT2D eigenvalue weighted by Gasteiger charge is 2.27. The minimum atomic E-state index is -0.0261. The van der Waals surface area contributed by atoms with Crippen LogP contribution in [0, 0.1) is 5.92 Å². The van der Waals surface area contributed by atoms with Gasteiger partial charge in [0.05, 0.1) is 5.52 Å². The topological polar surface area (TPSA) is 32.9 Å². The third-order valence-corrected chi connectivity index (χ3v) is 4.47. The van der Waals surface area contributed by atoms with E-state index in [0.29, 0.717) is 0 Å². The molecule has 0 saturated heterocycles. The number of Topliss-reactive ketones (excluding diaryl/α,β-unsaturated/α-hetero) is 1. The van der Waals surface area contributed by atoms with E-state index in [0.717, 1.165) is 33.0 Å². The molecule has 2 heteroatoms. The molecule has 0 bridgehead atoms. The molecular weight excluding hydrogens is 246 g/mol. The second-order valence-electron chi connectivity index (χ2n) is 5.57. The van der Waals surface area contributed by atoms with E-state index in [-0.39, 0.29) is 11.7 Å². The van der Waals surface area contributed by atoms with E-state index in [4.69, 9.17) is 0 Å². The monoisotopic (exact) mass is 261 g/mol. The number of nitrogens with one attached hydrogen (secondary N) is 1. The molecule has 2 nitrogen and oxygen atoms in total. The van der Waals surface area contributed by atoms with Crippen molar-refractivity contribution < 1.29 is 4.79 Å². The molecule has 1 aliphatic carbocycles. The fourth-order valence-corrected chi connectivity index (χ4v) is 3.21. The van der Waals surface area contributed by atoms with Crippen LogP contribution in [0.2, 0.25) is 0 Å². The van der Waals surface area contributed by atoms with Crippen LogP contribution in [0.5, 0.6) is 0 Å². The number of fused-ring (bicyclic) bond motifs is 6. The number of rotatable bonds is 0. The summed E-state index contributed by atoms with van der Waals surface area (Å²) < 4.78 is 0. The molecule has 0 aliphatic heterocycles. The number of hydrogen-bond donors (Lipinski definition) is 1. The maximum Gasteiger partial charge on any atom is 0.170 e. The van der Waals surface area contributed by atoms with Crippen LogP contribution in [0.1, 0.15) is 29.8 Å². The minimum absolute atomic E-state index is 0.0261. The highest BCUT2D eigenvalue weighted by Crippen LogP contribution is 2.38. The quantitative estimate of drug-likeness (QED) is 0.632. The van der Waals surface area contributed by atoms with Crippen molar-refractivity contribution in [1.29, 1.82) is 0 Å². The average molecular weight is 261 g/mol. The summed E-state index contributed by atoms with van der Waals surface area (Å²) >= 11 is 0. The van der Waals surface area contributed by atoms with E-state index in [1.807, 2.05) is 38.2 Å². The van der Waals surface area contributed by atoms with E-state index in [1.54, 1.807) is 0 Å². The van der Waals surface area contributed by atoms with Gasteiger partial charge >= 0.3 is 0 Å². The van der Waals surface area contributed by atoms with Crippen molar-refractivity contribution in [3.05, 3.63) is 53.2 Å². The molecule has 1 atom stereocenters. The van der Waals surface area contributed by atoms with Gasteiger partial charge in [0.25, 0.3) is 0 Å². The highest BCUT2D eigenvalue weighted by atomic mass is 16.1. The summed E-state index contributed by atoms with van der Waals surface area (Å²) in [4.78, 5) is 16.0. The molecule has 1 heterocycles. The fourth-order valence-electron chi connectivity index (χ4n) is 3.21. The Bertz CT molecular complexity index is 898. The SMILES string of the molecule is CC1=Cc2c(c3cc[nH]c3c3ccccc23)C(=O)C1C. The number of hydrogen-bond acceptors (Lipinski definition) is 1. The Balaban J connectivity index is 2.30. The predicted molar refractivity (Wildman–Crippen MR) is 83.0 cm³/mol. The van der Waals surface area contributed by atoms with Gasteiger partial charge in [-0.1, -0.05) is 42.8 Å². The molecule has 98 valence electrons. The average Bonchev–Trinajstić information content (AvgIpc) is 2.94. The normalized spacial score (nSPS) is 18.4. The Morgan fingerprint density at radius 1 is 1.05 bits per heavy atom. The molecule has 0 amide bonds. The molecule has 1 N–H and O–H groups in total. The molecule has 4 rings (SSSR count). The van der Waals surface area contributed by atoms with Crippen LogP contribution < -0.4 is 0 Å². The zero-order valence-corrected chi connectivity index (χ0v) is 11.5. The van der Waals surface area contributed by atoms with Gasteiger partial charge in [-0.2, -0.15) is 0 Å². The number of aromatic amines is 1. The van der Waals surface area contributed by atoms with Gasteiger partial charge in [0.15, 0.2) is 5.78 Å². The number of H-pyrrole nitrogens is 1. The Hall–Kier alpha value is -2.35. The van der Waals surface area contributed by atoms with E-state index >= 15 is 0 Å². The first-order valence-corrected chi connectivity index (χ1v) is 6.92. The maximum atomic E-state index is 12.7. The molecule has 1 aliphatic rings. The van der Waals surface area contributed by atoms with E-state index in [1.165, 1.54) is 5.39 Å². The molecule has 20 heavy (non-hydrogen) atoms. The van der Waals surface area contributed by atoms with Gasteiger partial charge in [-0.05, 0) is 23.9 Å². The summed E-state index contributed by atoms with van der Waals surface area (Å²) in [5, 5.41) is 3.37. The summed E-state index contributed by atoms with van der Waals surface area (Å²) in [6.45, 7) is 4.03. The molecule has 0 spiro atoms. The molecule has 1 unspecified atom stereocenters. The van der Waals surface area contributed by atoms with Crippen molar-refractivity contribution in [2.75, 3.05) is 0 Å². The number of carbonyl (C=O) groups excluding carboxylic acids is 1. The van der Waals surface area contributed by atoms with Crippen molar-refractivity contribution in [3.63, 3.8) is 0 Å². The molecule has 0 saturated carbocycles. The number of benzene rings is 2. The second-order valence-corrected chi connectivity index (χ2v) is 5.57. The number of ketones is 1. The zero-order valence-electron chi connectivity index (χ0n) is 11.5. The van der Waals surface area contributed by atoms with Crippen molar-refractivity contribution in [1.82, 2.24) is 4.98 Å². The maximum absolute atomic E-state index is 12.7. The fraction of sp³-hybridized carbons (Fsp3) is 0.167. The molecule has 2 aromatic carbocycles. The Kier molecular flexibility index (Phi) is 2.19. The van der Waals surface area contributed by atoms with Crippen molar-refractivity contribution in [2.45, 2.75) is 13.8 Å². The van der Waals surface area contributed by atoms with Gasteiger partial charge in [0.2, 0.25) is 0 Å². The van der Waals surface area contributed by atoms with Gasteiger partial charge in [-0.3, -0.25) is 4.79 Å². The second kappa shape index (κ2) is 3.83. The standard InChI is InChI=1S/C18H15NO/c1-10-9-15-12-5-3-4-6-13(12)17-14(7-8-19-17)16(15)18(20)11(10)2/h3-9,11,19H,1-2H3. The van der Waals surface area contributed by atoms with Crippen LogP contribution in [0.3, 0.4) is 0 Å². The van der Waals surface area contributed by atoms with Gasteiger partial charge in [-0.25, -0.2) is 0 Å². The number of carbonyl (C=O) groups is 1. The number of allylic oxidation sites excluding steroid dienone is 1. The van der Waals surface area contributed by atoms with Gasteiger partial charge in [-0.15, -0.1) is 0 Å². The van der Waals surface area contributed by atoms with Crippen molar-refractivity contribution in [2.24, 2.45) is 5.92 Å². The third kappa shape index (κ3) is 1.31. The summed E-state index contributed by atoms with van der Waals surface area (Å²) in [6.07, 6.45) is 4.09. The summed E-state index contributed by atoms with van der Waals surface area (Å²) in [5.74, 6) is 0.206. The van der Waals surface area contributed by atoms with Crippen molar-refractivity contribution in [3.8, 4) is 0 Å². The van der Waals surface area contributed by atoms with Crippen molar-refractivity contribution >= 4 is 33.5 Å². The van der Waals surface area contributed by atoms with Crippen LogP contribution in [-0.4, -0.2) is 10.8 Å². The summed E-state index contributed by atoms with van der Waals surface area (Å²) in [6, 6.07) is 10.3. The first-order valence-electron chi connectivity index (χ1n) is 6.92. The molecule has 3 aromatic rings. The van der Waals surface area contributed by atoms with Gasteiger partial charge in [0.1, 0.15) is 0 Å². The summed E-state index contributed by atoms with van der Waals surface area (Å²) in [5.41, 5.74) is 4.15. The molecule has 1 aromatic heterocycles. The number of aromatic nitrogens is 1. The smallest absolute Gasteiger partial charge is 0.170 e. The van der Waals surface area contributed by atoms with Gasteiger partial charge in [0, 0.05) is 28.5 Å². The van der Waals surface area contributed by atoms with Crippen LogP contribution in [0.15, 0.2) is 42.1 Å². The summed E-state index contributed by atoms with van der Waals surface area (Å²) in [7, 11) is 0. The molecule has 0 fully saturated rings. The molecular formula is C18H15NO. The Morgan fingerprint density at radius 2 is 1.80 bits per heavy atom. The first kappa shape index (κ1) is 11.5. The predicted octanol–water partition coefficient (Wildman–Crippen LogP) is 4.56. The van der Waals surface area contributed by atoms with Crippen LogP contribution in [0.4, 0.5) is 0 Å². The van der Waals surface area contributed by atoms with Gasteiger partial charge < -0.3 is 4.98 Å². The Morgan fingerprint density at radius 3 is 2.60 bits per heavy atom. The van der Waals surface area contributed by atoms with E-state index < -0.39 is 0 Å². The molecule has 0 radical (unpaired) electrons. The first-order chi connectivity index (χ1) is 9.68. The van der Waals surface area contributed by atoms with E-state index in [2.05, 4.69) is 23.2 Å².